The number of anilines is 1. The fourth-order valence-electron chi connectivity index (χ4n) is 4.67. The Bertz CT molecular complexity index is 585. The van der Waals surface area contributed by atoms with E-state index in [0.29, 0.717) is 17.8 Å². The minimum atomic E-state index is -0.239. The molecule has 0 bridgehead atoms. The lowest BCUT2D eigenvalue weighted by atomic mass is 9.54. The van der Waals surface area contributed by atoms with Crippen molar-refractivity contribution < 1.29 is 14.3 Å². The van der Waals surface area contributed by atoms with Gasteiger partial charge in [0.25, 0.3) is 0 Å². The Morgan fingerprint density at radius 3 is 2.78 bits per heavy atom. The van der Waals surface area contributed by atoms with Crippen molar-refractivity contribution in [1.82, 2.24) is 15.3 Å². The molecule has 0 radical (unpaired) electrons. The lowest BCUT2D eigenvalue weighted by Crippen LogP contribution is -2.68. The molecule has 7 heteroatoms. The number of carbonyl (C=O) groups excluding carboxylic acids is 1. The van der Waals surface area contributed by atoms with Crippen LogP contribution in [0.4, 0.5) is 10.7 Å². The summed E-state index contributed by atoms with van der Waals surface area (Å²) in [4.78, 5) is 20.5. The lowest BCUT2D eigenvalue weighted by Gasteiger charge is -2.56. The van der Waals surface area contributed by atoms with E-state index < -0.39 is 0 Å². The number of hydrogen-bond donors (Lipinski definition) is 2. The van der Waals surface area contributed by atoms with Crippen LogP contribution in [0.2, 0.25) is 0 Å². The number of amides is 2. The molecule has 124 valence electrons. The Morgan fingerprint density at radius 1 is 1.35 bits per heavy atom. The minimum Gasteiger partial charge on any atom is -0.494 e. The molecule has 1 aromatic heterocycles. The average Bonchev–Trinajstić information content (AvgIpc) is 3.22. The molecule has 1 spiro atoms. The molecule has 2 saturated carbocycles. The zero-order valence-corrected chi connectivity index (χ0v) is 13.2. The van der Waals surface area contributed by atoms with Crippen molar-refractivity contribution >= 4 is 12.0 Å². The van der Waals surface area contributed by atoms with E-state index in [4.69, 9.17) is 9.47 Å². The molecule has 2 heterocycles. The zero-order chi connectivity index (χ0) is 15.9. The predicted molar refractivity (Wildman–Crippen MR) is 83.3 cm³/mol. The van der Waals surface area contributed by atoms with E-state index in [1.807, 2.05) is 0 Å². The maximum absolute atomic E-state index is 12.3. The van der Waals surface area contributed by atoms with Crippen molar-refractivity contribution in [2.75, 3.05) is 19.0 Å². The van der Waals surface area contributed by atoms with Crippen molar-refractivity contribution in [3.05, 3.63) is 12.4 Å². The van der Waals surface area contributed by atoms with Gasteiger partial charge in [-0.3, -0.25) is 5.32 Å². The monoisotopic (exact) mass is 318 g/mol. The van der Waals surface area contributed by atoms with Crippen molar-refractivity contribution in [3.8, 4) is 5.75 Å². The Hall–Kier alpha value is -1.89. The van der Waals surface area contributed by atoms with Crippen LogP contribution in [-0.4, -0.2) is 41.9 Å². The average molecular weight is 318 g/mol. The van der Waals surface area contributed by atoms with Crippen LogP contribution in [0, 0.1) is 11.3 Å². The first-order valence-corrected chi connectivity index (χ1v) is 8.28. The minimum absolute atomic E-state index is 0.152. The second-order valence-electron chi connectivity index (χ2n) is 6.71. The summed E-state index contributed by atoms with van der Waals surface area (Å²) < 4.78 is 10.9. The van der Waals surface area contributed by atoms with Gasteiger partial charge < -0.3 is 14.8 Å². The Morgan fingerprint density at radius 2 is 2.09 bits per heavy atom. The summed E-state index contributed by atoms with van der Waals surface area (Å²) in [7, 11) is 1.55. The van der Waals surface area contributed by atoms with Gasteiger partial charge in [-0.25, -0.2) is 14.8 Å². The van der Waals surface area contributed by atoms with Crippen LogP contribution in [0.5, 0.6) is 5.75 Å². The van der Waals surface area contributed by atoms with Gasteiger partial charge in [0, 0.05) is 24.0 Å². The first-order chi connectivity index (χ1) is 11.2. The van der Waals surface area contributed by atoms with Crippen LogP contribution in [0.15, 0.2) is 12.4 Å². The predicted octanol–water partition coefficient (Wildman–Crippen LogP) is 1.95. The van der Waals surface area contributed by atoms with E-state index in [1.165, 1.54) is 25.2 Å². The normalized spacial score (nSPS) is 30.6. The molecule has 7 nitrogen and oxygen atoms in total. The van der Waals surface area contributed by atoms with E-state index >= 15 is 0 Å². The third-order valence-corrected chi connectivity index (χ3v) is 5.66. The highest BCUT2D eigenvalue weighted by Crippen LogP contribution is 2.60. The largest absolute Gasteiger partial charge is 0.494 e. The molecular formula is C16H22N4O3. The molecule has 3 fully saturated rings. The molecule has 1 saturated heterocycles. The van der Waals surface area contributed by atoms with E-state index in [1.54, 1.807) is 7.11 Å². The van der Waals surface area contributed by atoms with Gasteiger partial charge >= 0.3 is 6.03 Å². The van der Waals surface area contributed by atoms with Crippen LogP contribution < -0.4 is 15.4 Å². The standard InChI is InChI=1S/C16H22N4O3/c1-22-10-8-17-14(18-9-10)20-15(21)19-12-11-4-7-23-13(11)16(12)5-2-3-6-16/h8-9,11-13H,2-7H2,1H3,(H2,17,18,19,20,21). The highest BCUT2D eigenvalue weighted by Gasteiger charge is 2.65. The molecule has 3 unspecified atom stereocenters. The molecule has 2 N–H and O–H groups in total. The number of rotatable bonds is 3. The molecule has 4 rings (SSSR count). The molecule has 1 aromatic rings. The fraction of sp³-hybridized carbons (Fsp3) is 0.688. The highest BCUT2D eigenvalue weighted by molar-refractivity contribution is 5.87. The van der Waals surface area contributed by atoms with Gasteiger partial charge in [0.05, 0.1) is 25.6 Å². The molecule has 3 aliphatic rings. The van der Waals surface area contributed by atoms with Gasteiger partial charge in [0.2, 0.25) is 5.95 Å². The molecule has 1 aliphatic heterocycles. The van der Waals surface area contributed by atoms with Crippen molar-refractivity contribution in [3.63, 3.8) is 0 Å². The van der Waals surface area contributed by atoms with E-state index in [2.05, 4.69) is 20.6 Å². The van der Waals surface area contributed by atoms with Gasteiger partial charge in [-0.15, -0.1) is 0 Å². The number of aromatic nitrogens is 2. The molecule has 2 amide bonds. The number of urea groups is 1. The number of carbonyl (C=O) groups is 1. The number of ether oxygens (including phenoxy) is 2. The quantitative estimate of drug-likeness (QED) is 0.890. The van der Waals surface area contributed by atoms with Crippen LogP contribution in [0.3, 0.4) is 0 Å². The maximum Gasteiger partial charge on any atom is 0.321 e. The molecule has 0 aromatic carbocycles. The summed E-state index contributed by atoms with van der Waals surface area (Å²) in [6.45, 7) is 0.818. The SMILES string of the molecule is COc1cnc(NC(=O)NC2C3CCOC3C23CCCC3)nc1. The number of fused-ring (bicyclic) bond motifs is 2. The second kappa shape index (κ2) is 5.63. The smallest absolute Gasteiger partial charge is 0.321 e. The van der Waals surface area contributed by atoms with Crippen LogP contribution in [-0.2, 0) is 4.74 Å². The van der Waals surface area contributed by atoms with Crippen LogP contribution >= 0.6 is 0 Å². The molecule has 3 atom stereocenters. The third kappa shape index (κ3) is 2.34. The number of nitrogens with zero attached hydrogens (tertiary/aromatic N) is 2. The summed E-state index contributed by atoms with van der Waals surface area (Å²) in [6, 6.07) is -0.0347. The van der Waals surface area contributed by atoms with E-state index in [-0.39, 0.29) is 23.4 Å². The number of methoxy groups -OCH3 is 1. The van der Waals surface area contributed by atoms with Crippen LogP contribution in [0.1, 0.15) is 32.1 Å². The van der Waals surface area contributed by atoms with Gasteiger partial charge in [0.1, 0.15) is 0 Å². The Labute approximate surface area is 135 Å². The lowest BCUT2D eigenvalue weighted by molar-refractivity contribution is -0.125. The zero-order valence-electron chi connectivity index (χ0n) is 13.2. The molecule has 23 heavy (non-hydrogen) atoms. The Kier molecular flexibility index (Phi) is 3.60. The van der Waals surface area contributed by atoms with Gasteiger partial charge in [-0.1, -0.05) is 12.8 Å². The van der Waals surface area contributed by atoms with Gasteiger partial charge in [-0.05, 0) is 19.3 Å². The van der Waals surface area contributed by atoms with Gasteiger partial charge in [-0.2, -0.15) is 0 Å². The topological polar surface area (TPSA) is 85.4 Å². The Balaban J connectivity index is 1.41. The summed E-state index contributed by atoms with van der Waals surface area (Å²) in [5.41, 5.74) is 0.152. The van der Waals surface area contributed by atoms with Crippen LogP contribution in [0.25, 0.3) is 0 Å². The summed E-state index contributed by atoms with van der Waals surface area (Å²) >= 11 is 0. The number of hydrogen-bond acceptors (Lipinski definition) is 5. The summed E-state index contributed by atoms with van der Waals surface area (Å²) in [6.07, 6.45) is 9.21. The summed E-state index contributed by atoms with van der Waals surface area (Å²) in [5.74, 6) is 1.30. The van der Waals surface area contributed by atoms with E-state index in [9.17, 15) is 4.79 Å². The second-order valence-corrected chi connectivity index (χ2v) is 6.71. The van der Waals surface area contributed by atoms with E-state index in [0.717, 1.165) is 25.9 Å². The molecular weight excluding hydrogens is 296 g/mol. The number of nitrogens with one attached hydrogen (secondary N) is 2. The maximum atomic E-state index is 12.3. The fourth-order valence-corrected chi connectivity index (χ4v) is 4.67. The molecule has 2 aliphatic carbocycles. The van der Waals surface area contributed by atoms with Gasteiger partial charge in [0.15, 0.2) is 5.75 Å². The third-order valence-electron chi connectivity index (χ3n) is 5.66. The first kappa shape index (κ1) is 14.7. The first-order valence-electron chi connectivity index (χ1n) is 8.28. The van der Waals surface area contributed by atoms with Crippen molar-refractivity contribution in [1.29, 1.82) is 0 Å². The highest BCUT2D eigenvalue weighted by atomic mass is 16.5. The van der Waals surface area contributed by atoms with Crippen molar-refractivity contribution in [2.24, 2.45) is 11.3 Å². The van der Waals surface area contributed by atoms with Crippen molar-refractivity contribution in [2.45, 2.75) is 44.2 Å². The summed E-state index contributed by atoms with van der Waals surface area (Å²) in [5, 5.41) is 5.87.